The number of benzene rings is 1. The Morgan fingerprint density at radius 3 is 2.47 bits per heavy atom. The number of hydrogen-bond acceptors (Lipinski definition) is 1. The smallest absolute Gasteiger partial charge is 0.129 e. The second kappa shape index (κ2) is 5.42. The van der Waals surface area contributed by atoms with Crippen molar-refractivity contribution in [1.29, 1.82) is 0 Å². The van der Waals surface area contributed by atoms with Crippen LogP contribution in [0.1, 0.15) is 18.4 Å². The van der Waals surface area contributed by atoms with Crippen LogP contribution in [-0.4, -0.2) is 12.6 Å². The Morgan fingerprint density at radius 2 is 1.93 bits per heavy atom. The number of nitrogens with one attached hydrogen (secondary N) is 1. The molecule has 0 aromatic heterocycles. The van der Waals surface area contributed by atoms with Crippen LogP contribution in [0.5, 0.6) is 0 Å². The summed E-state index contributed by atoms with van der Waals surface area (Å²) in [6.45, 7) is 0.959. The Kier molecular flexibility index (Phi) is 4.48. The normalized spacial score (nSPS) is 20.0. The zero-order valence-corrected chi connectivity index (χ0v) is 9.12. The van der Waals surface area contributed by atoms with Crippen LogP contribution in [0.4, 0.5) is 8.78 Å². The molecule has 1 aromatic rings. The Hall–Kier alpha value is -0.670. The molecule has 0 amide bonds. The molecule has 1 saturated heterocycles. The molecule has 15 heavy (non-hydrogen) atoms. The maximum atomic E-state index is 13.2. The van der Waals surface area contributed by atoms with Gasteiger partial charge in [0.05, 0.1) is 0 Å². The van der Waals surface area contributed by atoms with Crippen LogP contribution in [0.2, 0.25) is 0 Å². The topological polar surface area (TPSA) is 12.0 Å². The van der Waals surface area contributed by atoms with E-state index in [1.807, 2.05) is 0 Å². The Morgan fingerprint density at radius 1 is 1.27 bits per heavy atom. The summed E-state index contributed by atoms with van der Waals surface area (Å²) < 4.78 is 26.5. The van der Waals surface area contributed by atoms with Gasteiger partial charge in [0.1, 0.15) is 11.6 Å². The summed E-state index contributed by atoms with van der Waals surface area (Å²) in [5, 5.41) is 3.23. The maximum absolute atomic E-state index is 13.2. The lowest BCUT2D eigenvalue weighted by molar-refractivity contribution is 0.519. The van der Waals surface area contributed by atoms with E-state index in [4.69, 9.17) is 0 Å². The lowest BCUT2D eigenvalue weighted by atomic mass is 10.0. The van der Waals surface area contributed by atoms with Crippen molar-refractivity contribution in [3.8, 4) is 0 Å². The maximum Gasteiger partial charge on any atom is 0.129 e. The third kappa shape index (κ3) is 2.89. The van der Waals surface area contributed by atoms with Crippen molar-refractivity contribution in [3.05, 3.63) is 35.4 Å². The highest BCUT2D eigenvalue weighted by molar-refractivity contribution is 5.85. The molecule has 0 saturated carbocycles. The number of halogens is 3. The van der Waals surface area contributed by atoms with Crippen molar-refractivity contribution in [2.75, 3.05) is 6.54 Å². The lowest BCUT2D eigenvalue weighted by Gasteiger charge is -2.11. The molecule has 1 nitrogen and oxygen atoms in total. The molecule has 1 atom stereocenters. The molecule has 0 aliphatic carbocycles. The Balaban J connectivity index is 0.00000112. The molecule has 1 unspecified atom stereocenters. The highest BCUT2D eigenvalue weighted by atomic mass is 35.5. The molecule has 1 fully saturated rings. The fourth-order valence-corrected chi connectivity index (χ4v) is 1.90. The molecular weight excluding hydrogens is 220 g/mol. The fraction of sp³-hybridized carbons (Fsp3) is 0.455. The Labute approximate surface area is 94.3 Å². The first kappa shape index (κ1) is 12.4. The van der Waals surface area contributed by atoms with E-state index in [9.17, 15) is 8.78 Å². The van der Waals surface area contributed by atoms with Gasteiger partial charge in [-0.3, -0.25) is 0 Å². The molecule has 0 spiro atoms. The minimum Gasteiger partial charge on any atom is -0.314 e. The van der Waals surface area contributed by atoms with Gasteiger partial charge in [-0.2, -0.15) is 0 Å². The molecule has 1 aliphatic rings. The van der Waals surface area contributed by atoms with E-state index in [0.717, 1.165) is 19.4 Å². The summed E-state index contributed by atoms with van der Waals surface area (Å²) in [7, 11) is 0. The van der Waals surface area contributed by atoms with Crippen LogP contribution in [0.15, 0.2) is 18.2 Å². The largest absolute Gasteiger partial charge is 0.314 e. The van der Waals surface area contributed by atoms with Crippen LogP contribution in [0.3, 0.4) is 0 Å². The summed E-state index contributed by atoms with van der Waals surface area (Å²) in [6.07, 6.45) is 2.56. The molecule has 4 heteroatoms. The molecule has 0 bridgehead atoms. The zero-order valence-electron chi connectivity index (χ0n) is 8.30. The zero-order chi connectivity index (χ0) is 9.97. The van der Waals surface area contributed by atoms with Crippen molar-refractivity contribution >= 4 is 12.4 Å². The van der Waals surface area contributed by atoms with Crippen LogP contribution in [0.25, 0.3) is 0 Å². The Bertz CT molecular complexity index is 304. The SMILES string of the molecule is Cl.Fc1cccc(F)c1CC1CCCN1. The molecule has 0 radical (unpaired) electrons. The van der Waals surface area contributed by atoms with Gasteiger partial charge in [0.2, 0.25) is 0 Å². The molecule has 1 heterocycles. The van der Waals surface area contributed by atoms with Crippen LogP contribution in [-0.2, 0) is 6.42 Å². The minimum atomic E-state index is -0.432. The van der Waals surface area contributed by atoms with E-state index in [-0.39, 0.29) is 24.0 Å². The third-order valence-electron chi connectivity index (χ3n) is 2.67. The van der Waals surface area contributed by atoms with E-state index < -0.39 is 11.6 Å². The van der Waals surface area contributed by atoms with Gasteiger partial charge in [-0.1, -0.05) is 6.07 Å². The summed E-state index contributed by atoms with van der Waals surface area (Å²) in [6, 6.07) is 4.26. The van der Waals surface area contributed by atoms with Gasteiger partial charge in [-0.25, -0.2) is 8.78 Å². The molecule has 1 N–H and O–H groups in total. The monoisotopic (exact) mass is 233 g/mol. The summed E-state index contributed by atoms with van der Waals surface area (Å²) in [5.74, 6) is -0.864. The predicted octanol–water partition coefficient (Wildman–Crippen LogP) is 2.68. The fourth-order valence-electron chi connectivity index (χ4n) is 1.90. The van der Waals surface area contributed by atoms with Gasteiger partial charge < -0.3 is 5.32 Å². The van der Waals surface area contributed by atoms with E-state index in [1.165, 1.54) is 18.2 Å². The van der Waals surface area contributed by atoms with Gasteiger partial charge >= 0.3 is 0 Å². The second-order valence-electron chi connectivity index (χ2n) is 3.70. The number of hydrogen-bond donors (Lipinski definition) is 1. The first-order chi connectivity index (χ1) is 6.77. The van der Waals surface area contributed by atoms with Crippen LogP contribution >= 0.6 is 12.4 Å². The molecule has 1 aromatic carbocycles. The average molecular weight is 234 g/mol. The van der Waals surface area contributed by atoms with Gasteiger partial charge in [0.15, 0.2) is 0 Å². The molecular formula is C11H14ClF2N. The van der Waals surface area contributed by atoms with E-state index in [2.05, 4.69) is 5.32 Å². The first-order valence-corrected chi connectivity index (χ1v) is 4.93. The highest BCUT2D eigenvalue weighted by Crippen LogP contribution is 2.17. The van der Waals surface area contributed by atoms with Crippen molar-refractivity contribution in [2.24, 2.45) is 0 Å². The highest BCUT2D eigenvalue weighted by Gasteiger charge is 2.18. The van der Waals surface area contributed by atoms with Crippen molar-refractivity contribution in [3.63, 3.8) is 0 Å². The van der Waals surface area contributed by atoms with E-state index in [1.54, 1.807) is 0 Å². The standard InChI is InChI=1S/C11H13F2N.ClH/c12-10-4-1-5-11(13)9(10)7-8-3-2-6-14-8;/h1,4-5,8,14H,2-3,6-7H2;1H. The van der Waals surface area contributed by atoms with E-state index in [0.29, 0.717) is 6.42 Å². The minimum absolute atomic E-state index is 0. The van der Waals surface area contributed by atoms with Gasteiger partial charge in [-0.05, 0) is 37.9 Å². The number of rotatable bonds is 2. The lowest BCUT2D eigenvalue weighted by Crippen LogP contribution is -2.24. The summed E-state index contributed by atoms with van der Waals surface area (Å²) in [5.41, 5.74) is 0.215. The third-order valence-corrected chi connectivity index (χ3v) is 2.67. The van der Waals surface area contributed by atoms with Gasteiger partial charge in [0, 0.05) is 11.6 Å². The molecule has 1 aliphatic heterocycles. The van der Waals surface area contributed by atoms with Crippen LogP contribution in [0, 0.1) is 11.6 Å². The predicted molar refractivity (Wildman–Crippen MR) is 58.3 cm³/mol. The average Bonchev–Trinajstić information content (AvgIpc) is 2.64. The second-order valence-corrected chi connectivity index (χ2v) is 3.70. The van der Waals surface area contributed by atoms with Gasteiger partial charge in [-0.15, -0.1) is 12.4 Å². The van der Waals surface area contributed by atoms with E-state index >= 15 is 0 Å². The first-order valence-electron chi connectivity index (χ1n) is 4.93. The summed E-state index contributed by atoms with van der Waals surface area (Å²) in [4.78, 5) is 0. The molecule has 84 valence electrons. The molecule has 2 rings (SSSR count). The van der Waals surface area contributed by atoms with Crippen molar-refractivity contribution in [1.82, 2.24) is 5.32 Å². The van der Waals surface area contributed by atoms with Crippen molar-refractivity contribution < 1.29 is 8.78 Å². The van der Waals surface area contributed by atoms with Gasteiger partial charge in [0.25, 0.3) is 0 Å². The van der Waals surface area contributed by atoms with Crippen LogP contribution < -0.4 is 5.32 Å². The quantitative estimate of drug-likeness (QED) is 0.828. The van der Waals surface area contributed by atoms with Crippen molar-refractivity contribution in [2.45, 2.75) is 25.3 Å². The summed E-state index contributed by atoms with van der Waals surface area (Å²) >= 11 is 0.